The summed E-state index contributed by atoms with van der Waals surface area (Å²) in [6, 6.07) is 14.6. The minimum absolute atomic E-state index is 0.604. The molecule has 1 heterocycles. The van der Waals surface area contributed by atoms with E-state index in [1.54, 1.807) is 0 Å². The van der Waals surface area contributed by atoms with E-state index in [2.05, 4.69) is 40.6 Å². The number of fused-ring (bicyclic) bond motifs is 1. The van der Waals surface area contributed by atoms with Gasteiger partial charge < -0.3 is 9.73 Å². The lowest BCUT2D eigenvalue weighted by atomic mass is 10.1. The van der Waals surface area contributed by atoms with Gasteiger partial charge in [0.15, 0.2) is 0 Å². The Morgan fingerprint density at radius 3 is 2.58 bits per heavy atom. The summed E-state index contributed by atoms with van der Waals surface area (Å²) in [6.07, 6.45) is 0. The monoisotopic (exact) mass is 252 g/mol. The van der Waals surface area contributed by atoms with Gasteiger partial charge in [-0.1, -0.05) is 30.3 Å². The maximum absolute atomic E-state index is 5.55. The molecule has 3 rings (SSSR count). The highest BCUT2D eigenvalue weighted by Crippen LogP contribution is 2.19. The Morgan fingerprint density at radius 2 is 1.84 bits per heavy atom. The SMILES string of the molecule is Cc1nc(CNc2ccc3ccccc3c2)oc1C. The first kappa shape index (κ1) is 11.8. The molecule has 0 saturated carbocycles. The van der Waals surface area contributed by atoms with E-state index in [-0.39, 0.29) is 0 Å². The van der Waals surface area contributed by atoms with Crippen molar-refractivity contribution in [2.45, 2.75) is 20.4 Å². The first-order valence-corrected chi connectivity index (χ1v) is 6.38. The molecule has 0 fully saturated rings. The highest BCUT2D eigenvalue weighted by Gasteiger charge is 2.05. The molecule has 0 aliphatic heterocycles. The molecular formula is C16H16N2O. The van der Waals surface area contributed by atoms with Gasteiger partial charge in [0, 0.05) is 5.69 Å². The van der Waals surface area contributed by atoms with Crippen molar-refractivity contribution in [1.82, 2.24) is 4.98 Å². The molecule has 3 heteroatoms. The van der Waals surface area contributed by atoms with Gasteiger partial charge in [-0.05, 0) is 36.8 Å². The van der Waals surface area contributed by atoms with Crippen LogP contribution < -0.4 is 5.32 Å². The lowest BCUT2D eigenvalue weighted by Gasteiger charge is -2.05. The Hall–Kier alpha value is -2.29. The third-order valence-electron chi connectivity index (χ3n) is 3.27. The Bertz CT molecular complexity index is 696. The zero-order valence-corrected chi connectivity index (χ0v) is 11.1. The zero-order chi connectivity index (χ0) is 13.2. The molecule has 0 radical (unpaired) electrons. The van der Waals surface area contributed by atoms with Crippen LogP contribution in [0.2, 0.25) is 0 Å². The number of nitrogens with one attached hydrogen (secondary N) is 1. The van der Waals surface area contributed by atoms with E-state index in [0.29, 0.717) is 6.54 Å². The molecule has 1 aromatic heterocycles. The highest BCUT2D eigenvalue weighted by molar-refractivity contribution is 5.85. The van der Waals surface area contributed by atoms with E-state index >= 15 is 0 Å². The summed E-state index contributed by atoms with van der Waals surface area (Å²) >= 11 is 0. The van der Waals surface area contributed by atoms with Crippen molar-refractivity contribution in [2.24, 2.45) is 0 Å². The maximum atomic E-state index is 5.55. The van der Waals surface area contributed by atoms with Crippen molar-refractivity contribution in [3.05, 3.63) is 59.8 Å². The highest BCUT2D eigenvalue weighted by atomic mass is 16.4. The number of rotatable bonds is 3. The Kier molecular flexibility index (Phi) is 2.95. The summed E-state index contributed by atoms with van der Waals surface area (Å²) in [6.45, 7) is 4.49. The summed E-state index contributed by atoms with van der Waals surface area (Å²) in [5.74, 6) is 1.61. The maximum Gasteiger partial charge on any atom is 0.213 e. The molecule has 0 atom stereocenters. The van der Waals surface area contributed by atoms with Crippen molar-refractivity contribution in [3.8, 4) is 0 Å². The lowest BCUT2D eigenvalue weighted by Crippen LogP contribution is -1.99. The second-order valence-corrected chi connectivity index (χ2v) is 4.66. The fourth-order valence-corrected chi connectivity index (χ4v) is 2.09. The van der Waals surface area contributed by atoms with E-state index < -0.39 is 0 Å². The van der Waals surface area contributed by atoms with Crippen molar-refractivity contribution in [3.63, 3.8) is 0 Å². The summed E-state index contributed by atoms with van der Waals surface area (Å²) in [7, 11) is 0. The van der Waals surface area contributed by atoms with Crippen LogP contribution in [0.4, 0.5) is 5.69 Å². The minimum atomic E-state index is 0.604. The molecule has 0 saturated heterocycles. The third kappa shape index (κ3) is 2.45. The first-order valence-electron chi connectivity index (χ1n) is 6.38. The second-order valence-electron chi connectivity index (χ2n) is 4.66. The van der Waals surface area contributed by atoms with Gasteiger partial charge in [-0.15, -0.1) is 0 Å². The van der Waals surface area contributed by atoms with E-state index in [0.717, 1.165) is 23.0 Å². The van der Waals surface area contributed by atoms with Crippen LogP contribution in [0.25, 0.3) is 10.8 Å². The quantitative estimate of drug-likeness (QED) is 0.764. The Morgan fingerprint density at radius 1 is 1.05 bits per heavy atom. The van der Waals surface area contributed by atoms with Gasteiger partial charge in [0.05, 0.1) is 12.2 Å². The molecule has 3 aromatic rings. The van der Waals surface area contributed by atoms with Gasteiger partial charge in [-0.2, -0.15) is 0 Å². The fourth-order valence-electron chi connectivity index (χ4n) is 2.09. The van der Waals surface area contributed by atoms with Crippen LogP contribution in [0.5, 0.6) is 0 Å². The predicted molar refractivity (Wildman–Crippen MR) is 77.3 cm³/mol. The van der Waals surface area contributed by atoms with E-state index in [1.807, 2.05) is 26.0 Å². The van der Waals surface area contributed by atoms with Crippen molar-refractivity contribution in [1.29, 1.82) is 0 Å². The van der Waals surface area contributed by atoms with E-state index in [1.165, 1.54) is 10.8 Å². The Labute approximate surface area is 112 Å². The zero-order valence-electron chi connectivity index (χ0n) is 11.1. The molecule has 96 valence electrons. The number of anilines is 1. The molecule has 1 N–H and O–H groups in total. The molecule has 3 nitrogen and oxygen atoms in total. The number of nitrogens with zero attached hydrogens (tertiary/aromatic N) is 1. The van der Waals surface area contributed by atoms with Gasteiger partial charge >= 0.3 is 0 Å². The normalized spacial score (nSPS) is 10.8. The molecular weight excluding hydrogens is 236 g/mol. The summed E-state index contributed by atoms with van der Waals surface area (Å²) in [5, 5.41) is 5.81. The molecule has 0 unspecified atom stereocenters. The largest absolute Gasteiger partial charge is 0.444 e. The lowest BCUT2D eigenvalue weighted by molar-refractivity contribution is 0.478. The van der Waals surface area contributed by atoms with Gasteiger partial charge in [0.25, 0.3) is 0 Å². The molecule has 0 aliphatic rings. The standard InChI is InChI=1S/C16H16N2O/c1-11-12(2)19-16(18-11)10-17-15-8-7-13-5-3-4-6-14(13)9-15/h3-9,17H,10H2,1-2H3. The van der Waals surface area contributed by atoms with E-state index in [9.17, 15) is 0 Å². The van der Waals surface area contributed by atoms with Crippen LogP contribution >= 0.6 is 0 Å². The molecule has 2 aromatic carbocycles. The molecule has 19 heavy (non-hydrogen) atoms. The van der Waals surface area contributed by atoms with Crippen LogP contribution in [0.1, 0.15) is 17.3 Å². The Balaban J connectivity index is 1.78. The summed E-state index contributed by atoms with van der Waals surface area (Å²) in [4.78, 5) is 4.36. The first-order chi connectivity index (χ1) is 9.22. The number of hydrogen-bond acceptors (Lipinski definition) is 3. The van der Waals surface area contributed by atoms with Crippen LogP contribution in [0.3, 0.4) is 0 Å². The van der Waals surface area contributed by atoms with Gasteiger partial charge in [-0.25, -0.2) is 4.98 Å². The average Bonchev–Trinajstić information content (AvgIpc) is 2.75. The summed E-state index contributed by atoms with van der Waals surface area (Å²) in [5.41, 5.74) is 2.03. The van der Waals surface area contributed by atoms with Crippen LogP contribution in [0, 0.1) is 13.8 Å². The van der Waals surface area contributed by atoms with Crippen LogP contribution in [-0.4, -0.2) is 4.98 Å². The topological polar surface area (TPSA) is 38.1 Å². The van der Waals surface area contributed by atoms with Crippen LogP contribution in [0.15, 0.2) is 46.9 Å². The van der Waals surface area contributed by atoms with E-state index in [4.69, 9.17) is 4.42 Å². The minimum Gasteiger partial charge on any atom is -0.444 e. The second kappa shape index (κ2) is 4.76. The summed E-state index contributed by atoms with van der Waals surface area (Å²) < 4.78 is 5.55. The average molecular weight is 252 g/mol. The smallest absolute Gasteiger partial charge is 0.213 e. The number of oxazole rings is 1. The van der Waals surface area contributed by atoms with Crippen molar-refractivity contribution in [2.75, 3.05) is 5.32 Å². The molecule has 0 spiro atoms. The van der Waals surface area contributed by atoms with Gasteiger partial charge in [-0.3, -0.25) is 0 Å². The van der Waals surface area contributed by atoms with Gasteiger partial charge in [0.1, 0.15) is 5.76 Å². The molecule has 0 bridgehead atoms. The van der Waals surface area contributed by atoms with Crippen molar-refractivity contribution >= 4 is 16.5 Å². The number of aromatic nitrogens is 1. The van der Waals surface area contributed by atoms with Gasteiger partial charge in [0.2, 0.25) is 5.89 Å². The number of benzene rings is 2. The van der Waals surface area contributed by atoms with Crippen molar-refractivity contribution < 1.29 is 4.42 Å². The fraction of sp³-hybridized carbons (Fsp3) is 0.188. The predicted octanol–water partition coefficient (Wildman–Crippen LogP) is 4.06. The third-order valence-corrected chi connectivity index (χ3v) is 3.27. The molecule has 0 aliphatic carbocycles. The molecule has 0 amide bonds. The number of aryl methyl sites for hydroxylation is 2. The van der Waals surface area contributed by atoms with Crippen LogP contribution in [-0.2, 0) is 6.54 Å². The number of hydrogen-bond donors (Lipinski definition) is 1.